The molecule has 0 saturated carbocycles. The molecule has 0 aliphatic carbocycles. The maximum atomic E-state index is 11.7. The van der Waals surface area contributed by atoms with Crippen molar-refractivity contribution in [2.24, 2.45) is 0 Å². The molecule has 0 amide bonds. The number of ether oxygens (including phenoxy) is 2. The van der Waals surface area contributed by atoms with Crippen molar-refractivity contribution >= 4 is 17.7 Å². The lowest BCUT2D eigenvalue weighted by Gasteiger charge is -2.06. The first kappa shape index (κ1) is 15.6. The van der Waals surface area contributed by atoms with Gasteiger partial charge in [0.25, 0.3) is 0 Å². The molecule has 0 N–H and O–H groups in total. The molecular weight excluding hydrogens is 260 g/mol. The van der Waals surface area contributed by atoms with Gasteiger partial charge < -0.3 is 9.47 Å². The van der Waals surface area contributed by atoms with Gasteiger partial charge in [-0.3, -0.25) is 9.59 Å². The summed E-state index contributed by atoms with van der Waals surface area (Å²) in [5.41, 5.74) is 0.466. The van der Waals surface area contributed by atoms with Crippen LogP contribution in [-0.4, -0.2) is 30.9 Å². The van der Waals surface area contributed by atoms with Crippen LogP contribution in [0, 0.1) is 0 Å². The molecule has 0 atom stereocenters. The number of benzene rings is 1. The van der Waals surface area contributed by atoms with E-state index in [0.29, 0.717) is 5.56 Å². The molecule has 0 aromatic heterocycles. The van der Waals surface area contributed by atoms with Crippen molar-refractivity contribution in [2.45, 2.75) is 13.3 Å². The Kier molecular flexibility index (Phi) is 6.16. The van der Waals surface area contributed by atoms with Crippen molar-refractivity contribution in [1.82, 2.24) is 0 Å². The van der Waals surface area contributed by atoms with Crippen LogP contribution in [0.5, 0.6) is 0 Å². The fraction of sp³-hybridized carbons (Fsp3) is 0.267. The van der Waals surface area contributed by atoms with E-state index in [1.807, 2.05) is 0 Å². The number of hydrogen-bond acceptors (Lipinski definition) is 5. The highest BCUT2D eigenvalue weighted by atomic mass is 16.5. The van der Waals surface area contributed by atoms with E-state index in [-0.39, 0.29) is 31.0 Å². The Morgan fingerprint density at radius 3 is 2.35 bits per heavy atom. The zero-order valence-corrected chi connectivity index (χ0v) is 11.3. The van der Waals surface area contributed by atoms with Crippen LogP contribution in [0.15, 0.2) is 42.5 Å². The van der Waals surface area contributed by atoms with Crippen LogP contribution >= 0.6 is 0 Å². The maximum Gasteiger partial charge on any atom is 0.333 e. The highest BCUT2D eigenvalue weighted by Crippen LogP contribution is 2.05. The summed E-state index contributed by atoms with van der Waals surface area (Å²) in [5.74, 6) is -1.63. The van der Waals surface area contributed by atoms with Crippen LogP contribution in [0.1, 0.15) is 23.7 Å². The van der Waals surface area contributed by atoms with Gasteiger partial charge in [-0.05, 0) is 6.92 Å². The molecule has 1 rings (SSSR count). The molecule has 0 unspecified atom stereocenters. The first-order valence-electron chi connectivity index (χ1n) is 6.13. The van der Waals surface area contributed by atoms with Gasteiger partial charge in [-0.1, -0.05) is 36.9 Å². The topological polar surface area (TPSA) is 69.7 Å². The lowest BCUT2D eigenvalue weighted by atomic mass is 10.1. The van der Waals surface area contributed by atoms with Crippen LogP contribution < -0.4 is 0 Å². The minimum atomic E-state index is -0.688. The van der Waals surface area contributed by atoms with Crippen molar-refractivity contribution < 1.29 is 23.9 Å². The molecule has 0 aliphatic rings. The predicted octanol–water partition coefficient (Wildman–Crippen LogP) is 1.92. The standard InChI is InChI=1S/C15H16O5/c1-3-19-15(18)11(2)9-14(17)20-10-13(16)12-7-5-4-6-8-12/h4-8H,2-3,9-10H2,1H3. The van der Waals surface area contributed by atoms with Crippen molar-refractivity contribution in [3.8, 4) is 0 Å². The van der Waals surface area contributed by atoms with Gasteiger partial charge in [0.15, 0.2) is 12.4 Å². The molecule has 20 heavy (non-hydrogen) atoms. The summed E-state index contributed by atoms with van der Waals surface area (Å²) in [6.45, 7) is 4.94. The minimum Gasteiger partial charge on any atom is -0.463 e. The second kappa shape index (κ2) is 7.89. The van der Waals surface area contributed by atoms with E-state index in [9.17, 15) is 14.4 Å². The summed E-state index contributed by atoms with van der Waals surface area (Å²) in [6.07, 6.45) is -0.291. The lowest BCUT2D eigenvalue weighted by Crippen LogP contribution is -2.16. The Balaban J connectivity index is 2.39. The summed E-state index contributed by atoms with van der Waals surface area (Å²) in [6, 6.07) is 8.49. The summed E-state index contributed by atoms with van der Waals surface area (Å²) in [7, 11) is 0. The number of ketones is 1. The zero-order chi connectivity index (χ0) is 15.0. The van der Waals surface area contributed by atoms with Gasteiger partial charge in [0.2, 0.25) is 0 Å². The molecule has 0 bridgehead atoms. The third kappa shape index (κ3) is 5.06. The molecule has 0 radical (unpaired) electrons. The van der Waals surface area contributed by atoms with E-state index in [0.717, 1.165) is 0 Å². The van der Waals surface area contributed by atoms with Gasteiger partial charge in [-0.15, -0.1) is 0 Å². The summed E-state index contributed by atoms with van der Waals surface area (Å²) >= 11 is 0. The summed E-state index contributed by atoms with van der Waals surface area (Å²) < 4.78 is 9.49. The van der Waals surface area contributed by atoms with Gasteiger partial charge in [-0.2, -0.15) is 0 Å². The van der Waals surface area contributed by atoms with Crippen LogP contribution in [-0.2, 0) is 19.1 Å². The van der Waals surface area contributed by atoms with Crippen LogP contribution in [0.25, 0.3) is 0 Å². The number of esters is 2. The molecular formula is C15H16O5. The number of Topliss-reactive ketones (excluding diaryl/α,β-unsaturated/α-hetero) is 1. The van der Waals surface area contributed by atoms with E-state index < -0.39 is 11.9 Å². The molecule has 106 valence electrons. The van der Waals surface area contributed by atoms with Crippen molar-refractivity contribution in [2.75, 3.05) is 13.2 Å². The highest BCUT2D eigenvalue weighted by Gasteiger charge is 2.15. The van der Waals surface area contributed by atoms with E-state index >= 15 is 0 Å². The number of hydrogen-bond donors (Lipinski definition) is 0. The molecule has 1 aromatic rings. The smallest absolute Gasteiger partial charge is 0.333 e. The molecule has 0 heterocycles. The molecule has 0 aliphatic heterocycles. The highest BCUT2D eigenvalue weighted by molar-refractivity contribution is 5.98. The number of rotatable bonds is 7. The van der Waals surface area contributed by atoms with E-state index in [2.05, 4.69) is 11.3 Å². The Morgan fingerprint density at radius 2 is 1.75 bits per heavy atom. The fourth-order valence-electron chi connectivity index (χ4n) is 1.38. The average molecular weight is 276 g/mol. The number of carbonyl (C=O) groups is 3. The van der Waals surface area contributed by atoms with E-state index in [1.165, 1.54) is 0 Å². The molecule has 0 fully saturated rings. The Morgan fingerprint density at radius 1 is 1.10 bits per heavy atom. The van der Waals surface area contributed by atoms with Gasteiger partial charge in [0.05, 0.1) is 13.0 Å². The van der Waals surface area contributed by atoms with Crippen molar-refractivity contribution in [3.63, 3.8) is 0 Å². The van der Waals surface area contributed by atoms with E-state index in [4.69, 9.17) is 4.74 Å². The molecule has 5 heteroatoms. The van der Waals surface area contributed by atoms with Gasteiger partial charge in [0.1, 0.15) is 0 Å². The second-order valence-electron chi connectivity index (χ2n) is 3.95. The second-order valence-corrected chi connectivity index (χ2v) is 3.95. The Bertz CT molecular complexity index is 504. The third-order valence-electron chi connectivity index (χ3n) is 2.38. The maximum absolute atomic E-state index is 11.7. The predicted molar refractivity (Wildman–Crippen MR) is 72.1 cm³/mol. The number of carbonyl (C=O) groups excluding carboxylic acids is 3. The van der Waals surface area contributed by atoms with Crippen molar-refractivity contribution in [1.29, 1.82) is 0 Å². The SMILES string of the molecule is C=C(CC(=O)OCC(=O)c1ccccc1)C(=O)OCC. The third-order valence-corrected chi connectivity index (χ3v) is 2.38. The van der Waals surface area contributed by atoms with Gasteiger partial charge in [-0.25, -0.2) is 4.79 Å². The molecule has 1 aromatic carbocycles. The molecule has 0 spiro atoms. The first-order chi connectivity index (χ1) is 9.54. The summed E-state index contributed by atoms with van der Waals surface area (Å²) in [5, 5.41) is 0. The quantitative estimate of drug-likeness (QED) is 0.432. The normalized spacial score (nSPS) is 9.65. The lowest BCUT2D eigenvalue weighted by molar-refractivity contribution is -0.145. The Hall–Kier alpha value is -2.43. The monoisotopic (exact) mass is 276 g/mol. The van der Waals surface area contributed by atoms with Crippen LogP contribution in [0.3, 0.4) is 0 Å². The van der Waals surface area contributed by atoms with Crippen LogP contribution in [0.2, 0.25) is 0 Å². The molecule has 0 saturated heterocycles. The van der Waals surface area contributed by atoms with E-state index in [1.54, 1.807) is 37.3 Å². The van der Waals surface area contributed by atoms with Gasteiger partial charge >= 0.3 is 11.9 Å². The minimum absolute atomic E-state index is 0.00371. The fourth-order valence-corrected chi connectivity index (χ4v) is 1.38. The molecule has 5 nitrogen and oxygen atoms in total. The summed E-state index contributed by atoms with van der Waals surface area (Å²) in [4.78, 5) is 34.4. The Labute approximate surface area is 117 Å². The van der Waals surface area contributed by atoms with Crippen molar-refractivity contribution in [3.05, 3.63) is 48.0 Å². The largest absolute Gasteiger partial charge is 0.463 e. The average Bonchev–Trinajstić information content (AvgIpc) is 2.45. The van der Waals surface area contributed by atoms with Gasteiger partial charge in [0, 0.05) is 11.1 Å². The first-order valence-corrected chi connectivity index (χ1v) is 6.13. The zero-order valence-electron chi connectivity index (χ0n) is 11.3. The van der Waals surface area contributed by atoms with Crippen LogP contribution in [0.4, 0.5) is 0 Å².